The molecular formula is C27H29N3O2S. The third-order valence-corrected chi connectivity index (χ3v) is 6.93. The Hall–Kier alpha value is -3.12. The maximum absolute atomic E-state index is 12.2. The molecule has 0 spiro atoms. The van der Waals surface area contributed by atoms with E-state index in [1.165, 1.54) is 5.56 Å². The van der Waals surface area contributed by atoms with E-state index in [4.69, 9.17) is 4.42 Å². The monoisotopic (exact) mass is 459 g/mol. The fourth-order valence-electron chi connectivity index (χ4n) is 3.81. The molecule has 0 atom stereocenters. The molecule has 6 heteroatoms. The Morgan fingerprint density at radius 2 is 1.82 bits per heavy atom. The first kappa shape index (κ1) is 23.1. The molecule has 170 valence electrons. The van der Waals surface area contributed by atoms with Crippen molar-refractivity contribution in [1.82, 2.24) is 14.8 Å². The van der Waals surface area contributed by atoms with Gasteiger partial charge in [0.05, 0.1) is 0 Å². The van der Waals surface area contributed by atoms with Crippen molar-refractivity contribution in [2.24, 2.45) is 0 Å². The topological polar surface area (TPSA) is 60.9 Å². The van der Waals surface area contributed by atoms with Crippen molar-refractivity contribution >= 4 is 22.7 Å². The summed E-state index contributed by atoms with van der Waals surface area (Å²) in [7, 11) is 0. The highest BCUT2D eigenvalue weighted by atomic mass is 32.2. The highest BCUT2D eigenvalue weighted by Crippen LogP contribution is 2.31. The maximum atomic E-state index is 12.2. The molecule has 0 aliphatic heterocycles. The number of aryl methyl sites for hydroxylation is 2. The summed E-state index contributed by atoms with van der Waals surface area (Å²) in [4.78, 5) is 12.2. The molecule has 4 rings (SSSR count). The molecule has 4 aromatic rings. The fraction of sp³-hybridized carbons (Fsp3) is 0.296. The molecule has 5 nitrogen and oxygen atoms in total. The van der Waals surface area contributed by atoms with E-state index in [2.05, 4.69) is 72.4 Å². The van der Waals surface area contributed by atoms with Crippen molar-refractivity contribution in [3.05, 3.63) is 87.8 Å². The van der Waals surface area contributed by atoms with E-state index in [0.717, 1.165) is 38.6 Å². The molecule has 2 heterocycles. The highest BCUT2D eigenvalue weighted by molar-refractivity contribution is 7.98. The third kappa shape index (κ3) is 4.67. The van der Waals surface area contributed by atoms with Gasteiger partial charge in [0, 0.05) is 29.3 Å². The van der Waals surface area contributed by atoms with Gasteiger partial charge in [0.2, 0.25) is 0 Å². The molecule has 0 saturated heterocycles. The lowest BCUT2D eigenvalue weighted by molar-refractivity contribution is 0.557. The minimum Gasteiger partial charge on any atom is -0.422 e. The quantitative estimate of drug-likeness (QED) is 0.188. The summed E-state index contributed by atoms with van der Waals surface area (Å²) in [6.07, 6.45) is 1.85. The molecule has 0 aliphatic carbocycles. The normalized spacial score (nSPS) is 11.8. The number of hydrogen-bond donors (Lipinski definition) is 0. The summed E-state index contributed by atoms with van der Waals surface area (Å²) in [6, 6.07) is 14.1. The van der Waals surface area contributed by atoms with Crippen molar-refractivity contribution in [3.8, 4) is 11.4 Å². The lowest BCUT2D eigenvalue weighted by atomic mass is 9.87. The van der Waals surface area contributed by atoms with Crippen molar-refractivity contribution in [3.63, 3.8) is 0 Å². The number of benzene rings is 2. The van der Waals surface area contributed by atoms with Gasteiger partial charge >= 0.3 is 5.63 Å². The van der Waals surface area contributed by atoms with Crippen LogP contribution in [0.25, 0.3) is 22.4 Å². The average Bonchev–Trinajstić information content (AvgIpc) is 3.17. The second kappa shape index (κ2) is 9.02. The predicted octanol–water partition coefficient (Wildman–Crippen LogP) is 6.44. The van der Waals surface area contributed by atoms with Crippen molar-refractivity contribution in [2.75, 3.05) is 0 Å². The van der Waals surface area contributed by atoms with Gasteiger partial charge in [-0.1, -0.05) is 75.0 Å². The van der Waals surface area contributed by atoms with E-state index in [1.807, 2.05) is 26.0 Å². The number of hydrogen-bond acceptors (Lipinski definition) is 5. The molecule has 0 radical (unpaired) electrons. The standard InChI is InChI=1S/C27H29N3O2S/c1-7-14-30-25(19-9-11-21(12-10-19)27(4,5)6)28-29-26(30)33-16-20-15-23(31)32-24-18(3)17(2)8-13-22(20)24/h7-13,15H,1,14,16H2,2-6H3. The van der Waals surface area contributed by atoms with Crippen LogP contribution < -0.4 is 5.63 Å². The zero-order valence-electron chi connectivity index (χ0n) is 19.8. The fourth-order valence-corrected chi connectivity index (χ4v) is 4.75. The van der Waals surface area contributed by atoms with Crippen LogP contribution in [0.2, 0.25) is 0 Å². The van der Waals surface area contributed by atoms with Crippen molar-refractivity contribution in [2.45, 2.75) is 57.5 Å². The van der Waals surface area contributed by atoms with E-state index >= 15 is 0 Å². The predicted molar refractivity (Wildman–Crippen MR) is 136 cm³/mol. The summed E-state index contributed by atoms with van der Waals surface area (Å²) >= 11 is 1.56. The molecule has 2 aromatic carbocycles. The van der Waals surface area contributed by atoms with Gasteiger partial charge in [-0.15, -0.1) is 16.8 Å². The van der Waals surface area contributed by atoms with E-state index in [9.17, 15) is 4.79 Å². The van der Waals surface area contributed by atoms with Gasteiger partial charge < -0.3 is 4.42 Å². The van der Waals surface area contributed by atoms with Crippen LogP contribution in [0.1, 0.15) is 43.0 Å². The second-order valence-corrected chi connectivity index (χ2v) is 10.2. The van der Waals surface area contributed by atoms with Gasteiger partial charge in [-0.2, -0.15) is 0 Å². The molecule has 2 aromatic heterocycles. The SMILES string of the molecule is C=CCn1c(SCc2cc(=O)oc3c(C)c(C)ccc23)nnc1-c1ccc(C(C)(C)C)cc1. The molecule has 0 saturated carbocycles. The van der Waals surface area contributed by atoms with Crippen molar-refractivity contribution in [1.29, 1.82) is 0 Å². The Bertz CT molecular complexity index is 1380. The number of rotatable bonds is 6. The summed E-state index contributed by atoms with van der Waals surface area (Å²) < 4.78 is 7.57. The van der Waals surface area contributed by atoms with Crippen LogP contribution in [0.3, 0.4) is 0 Å². The maximum Gasteiger partial charge on any atom is 0.336 e. The molecule has 0 amide bonds. The summed E-state index contributed by atoms with van der Waals surface area (Å²) in [5.41, 5.74) is 5.73. The molecule has 0 bridgehead atoms. The first-order chi connectivity index (χ1) is 15.7. The van der Waals surface area contributed by atoms with Crippen LogP contribution in [0.5, 0.6) is 0 Å². The van der Waals surface area contributed by atoms with Crippen LogP contribution in [0.15, 0.2) is 69.5 Å². The van der Waals surface area contributed by atoms with Crippen LogP contribution in [0.4, 0.5) is 0 Å². The van der Waals surface area contributed by atoms with Gasteiger partial charge in [-0.3, -0.25) is 4.57 Å². The van der Waals surface area contributed by atoms with Crippen LogP contribution >= 0.6 is 11.8 Å². The lowest BCUT2D eigenvalue weighted by Crippen LogP contribution is -2.10. The van der Waals surface area contributed by atoms with Gasteiger partial charge in [0.1, 0.15) is 5.58 Å². The molecule has 0 N–H and O–H groups in total. The zero-order valence-corrected chi connectivity index (χ0v) is 20.6. The third-order valence-electron chi connectivity index (χ3n) is 5.91. The summed E-state index contributed by atoms with van der Waals surface area (Å²) in [6.45, 7) is 15.1. The molecule has 33 heavy (non-hydrogen) atoms. The lowest BCUT2D eigenvalue weighted by Gasteiger charge is -2.19. The first-order valence-corrected chi connectivity index (χ1v) is 12.0. The molecule has 0 fully saturated rings. The highest BCUT2D eigenvalue weighted by Gasteiger charge is 2.17. The number of nitrogens with zero attached hydrogens (tertiary/aromatic N) is 3. The number of aromatic nitrogens is 3. The van der Waals surface area contributed by atoms with E-state index in [1.54, 1.807) is 17.8 Å². The molecule has 0 unspecified atom stereocenters. The van der Waals surface area contributed by atoms with Gasteiger partial charge in [0.25, 0.3) is 0 Å². The van der Waals surface area contributed by atoms with Crippen LogP contribution in [-0.2, 0) is 17.7 Å². The zero-order chi connectivity index (χ0) is 23.8. The largest absolute Gasteiger partial charge is 0.422 e. The van der Waals surface area contributed by atoms with Crippen LogP contribution in [-0.4, -0.2) is 14.8 Å². The Balaban J connectivity index is 1.66. The molecular weight excluding hydrogens is 430 g/mol. The van der Waals surface area contributed by atoms with Crippen molar-refractivity contribution < 1.29 is 4.42 Å². The van der Waals surface area contributed by atoms with E-state index < -0.39 is 0 Å². The number of fused-ring (bicyclic) bond motifs is 1. The summed E-state index contributed by atoms with van der Waals surface area (Å²) in [5, 5.41) is 10.7. The van der Waals surface area contributed by atoms with Gasteiger partial charge in [-0.25, -0.2) is 4.79 Å². The number of thioether (sulfide) groups is 1. The Morgan fingerprint density at radius 1 is 1.09 bits per heavy atom. The number of allylic oxidation sites excluding steroid dienone is 1. The van der Waals surface area contributed by atoms with Gasteiger partial charge in [-0.05, 0) is 41.5 Å². The Kier molecular flexibility index (Phi) is 6.30. The van der Waals surface area contributed by atoms with Crippen LogP contribution in [0, 0.1) is 13.8 Å². The Morgan fingerprint density at radius 3 is 2.48 bits per heavy atom. The molecule has 0 aliphatic rings. The van der Waals surface area contributed by atoms with E-state index in [-0.39, 0.29) is 11.0 Å². The van der Waals surface area contributed by atoms with E-state index in [0.29, 0.717) is 17.9 Å². The Labute approximate surface area is 198 Å². The average molecular weight is 460 g/mol. The van der Waals surface area contributed by atoms with Gasteiger partial charge in [0.15, 0.2) is 11.0 Å². The smallest absolute Gasteiger partial charge is 0.336 e. The minimum atomic E-state index is -0.334. The summed E-state index contributed by atoms with van der Waals surface area (Å²) in [5.74, 6) is 1.39. The minimum absolute atomic E-state index is 0.0936. The first-order valence-electron chi connectivity index (χ1n) is 11.0. The second-order valence-electron chi connectivity index (χ2n) is 9.30.